The average molecular weight is 732 g/mol. The Labute approximate surface area is 251 Å². The summed E-state index contributed by atoms with van der Waals surface area (Å²) >= 11 is 0. The van der Waals surface area contributed by atoms with Crippen LogP contribution in [0, 0.1) is 11.3 Å². The van der Waals surface area contributed by atoms with E-state index in [1.54, 1.807) is 0 Å². The third-order valence-corrected chi connectivity index (χ3v) is 7.60. The van der Waals surface area contributed by atoms with Crippen LogP contribution in [0.25, 0.3) is 5.69 Å². The molecule has 1 amide bonds. The number of nitriles is 1. The van der Waals surface area contributed by atoms with Crippen molar-refractivity contribution in [2.45, 2.75) is 66.4 Å². The molecule has 25 heteroatoms. The highest BCUT2D eigenvalue weighted by atomic mass is 19.4. The predicted molar refractivity (Wildman–Crippen MR) is 115 cm³/mol. The molecule has 0 spiro atoms. The van der Waals surface area contributed by atoms with Crippen LogP contribution in [0.1, 0.15) is 35.3 Å². The standard InChI is InChI=1S/C23H10F18N4O3/c24-16(25,18(29,30)19(31,32)20(33,34)21(35,36)22(37,38)23(39,40)41)14(47)43-6-9-4-11(43)12-13(46)45(15(48)44(9)12)8-2-1-7(5-42)10(3-8)17(26,27)28/h1-3,9,11,46H,4,6H2/t9-,11?/m1/s1. The fourth-order valence-electron chi connectivity index (χ4n) is 5.19. The molecule has 266 valence electrons. The first kappa shape index (κ1) is 36.6. The van der Waals surface area contributed by atoms with Crippen LogP contribution in [0.3, 0.4) is 0 Å². The first-order valence-electron chi connectivity index (χ1n) is 12.2. The van der Waals surface area contributed by atoms with Crippen molar-refractivity contribution >= 4 is 5.91 Å². The lowest BCUT2D eigenvalue weighted by atomic mass is 9.90. The van der Waals surface area contributed by atoms with Gasteiger partial charge >= 0.3 is 59.5 Å². The smallest absolute Gasteiger partial charge is 0.460 e. The van der Waals surface area contributed by atoms with Crippen molar-refractivity contribution < 1.29 is 88.9 Å². The quantitative estimate of drug-likeness (QED) is 0.332. The number of carbonyl (C=O) groups excluding carboxylic acids is 1. The van der Waals surface area contributed by atoms with Crippen molar-refractivity contribution in [3.8, 4) is 17.6 Å². The van der Waals surface area contributed by atoms with Crippen LogP contribution in [0.2, 0.25) is 0 Å². The molecule has 2 aliphatic rings. The molecule has 2 aromatic rings. The summed E-state index contributed by atoms with van der Waals surface area (Å²) in [7, 11) is 0. The first-order chi connectivity index (χ1) is 21.4. The zero-order chi connectivity index (χ0) is 37.2. The van der Waals surface area contributed by atoms with E-state index in [9.17, 15) is 93.7 Å². The summed E-state index contributed by atoms with van der Waals surface area (Å²) in [6.07, 6.45) is -13.9. The molecule has 7 nitrogen and oxygen atoms in total. The summed E-state index contributed by atoms with van der Waals surface area (Å²) < 4.78 is 245. The van der Waals surface area contributed by atoms with Crippen LogP contribution in [-0.2, 0) is 11.0 Å². The number of aromatic nitrogens is 2. The number of aromatic hydroxyl groups is 1. The van der Waals surface area contributed by atoms with Gasteiger partial charge in [-0.05, 0) is 24.6 Å². The normalized spacial score (nSPS) is 19.5. The Morgan fingerprint density at radius 3 is 1.77 bits per heavy atom. The lowest BCUT2D eigenvalue weighted by Gasteiger charge is -2.42. The molecule has 1 aromatic carbocycles. The van der Waals surface area contributed by atoms with Gasteiger partial charge < -0.3 is 10.0 Å². The molecule has 1 saturated heterocycles. The molecule has 0 aliphatic carbocycles. The second-order valence-electron chi connectivity index (χ2n) is 10.3. The van der Waals surface area contributed by atoms with Crippen LogP contribution >= 0.6 is 0 Å². The number of carbonyl (C=O) groups is 1. The van der Waals surface area contributed by atoms with Crippen LogP contribution < -0.4 is 5.69 Å². The number of halogens is 18. The first-order valence-corrected chi connectivity index (χ1v) is 12.2. The van der Waals surface area contributed by atoms with E-state index in [0.29, 0.717) is 16.7 Å². The Morgan fingerprint density at radius 1 is 0.792 bits per heavy atom. The Bertz CT molecular complexity index is 1760. The van der Waals surface area contributed by atoms with Crippen LogP contribution in [0.4, 0.5) is 79.0 Å². The van der Waals surface area contributed by atoms with Gasteiger partial charge in [0, 0.05) is 6.54 Å². The Balaban J connectivity index is 1.75. The molecule has 2 atom stereocenters. The molecule has 1 fully saturated rings. The van der Waals surface area contributed by atoms with Gasteiger partial charge in [-0.1, -0.05) is 0 Å². The summed E-state index contributed by atoms with van der Waals surface area (Å²) in [5.41, 5.74) is -6.03. The lowest BCUT2D eigenvalue weighted by Crippen LogP contribution is -2.74. The summed E-state index contributed by atoms with van der Waals surface area (Å²) in [6.45, 7) is -1.41. The number of rotatable bonds is 7. The molecule has 2 bridgehead atoms. The van der Waals surface area contributed by atoms with Gasteiger partial charge in [0.05, 0.1) is 35.0 Å². The summed E-state index contributed by atoms with van der Waals surface area (Å²) in [6, 6.07) is -1.46. The monoisotopic (exact) mass is 732 g/mol. The molecule has 4 rings (SSSR count). The number of hydrogen-bond acceptors (Lipinski definition) is 4. The fourth-order valence-corrected chi connectivity index (χ4v) is 5.19. The molecule has 1 unspecified atom stereocenters. The lowest BCUT2D eigenvalue weighted by molar-refractivity contribution is -0.450. The third-order valence-electron chi connectivity index (χ3n) is 7.60. The van der Waals surface area contributed by atoms with E-state index in [4.69, 9.17) is 5.26 Å². The minimum Gasteiger partial charge on any atom is -0.493 e. The minimum absolute atomic E-state index is 0.0449. The Hall–Kier alpha value is -4.27. The van der Waals surface area contributed by atoms with Crippen molar-refractivity contribution in [3.05, 3.63) is 45.5 Å². The van der Waals surface area contributed by atoms with Gasteiger partial charge in [-0.25, -0.2) is 9.36 Å². The molecular formula is C23H10F18N4O3. The number of likely N-dealkylation sites (tertiary alicyclic amines) is 1. The highest BCUT2D eigenvalue weighted by Gasteiger charge is 2.94. The molecule has 2 aliphatic heterocycles. The molecular weight excluding hydrogens is 722 g/mol. The van der Waals surface area contributed by atoms with Crippen LogP contribution in [0.15, 0.2) is 23.0 Å². The Kier molecular flexibility index (Phi) is 7.71. The number of nitrogens with zero attached hydrogens (tertiary/aromatic N) is 4. The number of amides is 1. The largest absolute Gasteiger partial charge is 0.493 e. The van der Waals surface area contributed by atoms with Crippen LogP contribution in [0.5, 0.6) is 5.88 Å². The van der Waals surface area contributed by atoms with Crippen molar-refractivity contribution in [1.82, 2.24) is 14.0 Å². The van der Waals surface area contributed by atoms with Crippen molar-refractivity contribution in [2.24, 2.45) is 0 Å². The maximum atomic E-state index is 14.7. The number of hydrogen-bond donors (Lipinski definition) is 1. The van der Waals surface area contributed by atoms with Gasteiger partial charge in [-0.2, -0.15) is 84.3 Å². The van der Waals surface area contributed by atoms with Crippen molar-refractivity contribution in [1.29, 1.82) is 5.26 Å². The number of imidazole rings is 1. The highest BCUT2D eigenvalue weighted by molar-refractivity contribution is 5.86. The average Bonchev–Trinajstić information content (AvgIpc) is 3.61. The van der Waals surface area contributed by atoms with Gasteiger partial charge in [0.2, 0.25) is 5.88 Å². The molecule has 3 heterocycles. The third kappa shape index (κ3) is 4.45. The number of fused-ring (bicyclic) bond motifs is 5. The Morgan fingerprint density at radius 2 is 1.29 bits per heavy atom. The summed E-state index contributed by atoms with van der Waals surface area (Å²) in [4.78, 5) is 24.8. The summed E-state index contributed by atoms with van der Waals surface area (Å²) in [5, 5.41) is 19.5. The van der Waals surface area contributed by atoms with Gasteiger partial charge in [-0.3, -0.25) is 9.36 Å². The zero-order valence-electron chi connectivity index (χ0n) is 22.2. The second kappa shape index (κ2) is 10.1. The maximum absolute atomic E-state index is 14.7. The topological polar surface area (TPSA) is 91.3 Å². The molecule has 1 N–H and O–H groups in total. The van der Waals surface area contributed by atoms with E-state index in [0.717, 1.165) is 0 Å². The maximum Gasteiger partial charge on any atom is 0.460 e. The van der Waals surface area contributed by atoms with E-state index in [1.165, 1.54) is 6.07 Å². The van der Waals surface area contributed by atoms with Gasteiger partial charge in [0.25, 0.3) is 0 Å². The van der Waals surface area contributed by atoms with E-state index in [1.807, 2.05) is 0 Å². The van der Waals surface area contributed by atoms with Crippen molar-refractivity contribution in [3.63, 3.8) is 0 Å². The van der Waals surface area contributed by atoms with Gasteiger partial charge in [-0.15, -0.1) is 0 Å². The van der Waals surface area contributed by atoms with E-state index in [-0.39, 0.29) is 10.6 Å². The second-order valence-corrected chi connectivity index (χ2v) is 10.3. The number of alkyl halides is 18. The van der Waals surface area contributed by atoms with Crippen molar-refractivity contribution in [2.75, 3.05) is 6.54 Å². The predicted octanol–water partition coefficient (Wildman–Crippen LogP) is 6.44. The molecule has 48 heavy (non-hydrogen) atoms. The van der Waals surface area contributed by atoms with E-state index < -0.39 is 118 Å². The van der Waals surface area contributed by atoms with E-state index >= 15 is 0 Å². The highest BCUT2D eigenvalue weighted by Crippen LogP contribution is 2.63. The molecule has 0 radical (unpaired) electrons. The minimum atomic E-state index is -8.64. The van der Waals surface area contributed by atoms with E-state index in [2.05, 4.69) is 0 Å². The van der Waals surface area contributed by atoms with Gasteiger partial charge in [0.1, 0.15) is 5.69 Å². The number of benzene rings is 1. The SMILES string of the molecule is N#Cc1ccc(-n2c(O)c3n(c2=O)[C@@H]2CC3N(C(=O)C(F)(F)C(F)(F)C(F)(F)C(F)(F)C(F)(F)C(F)(F)C(F)(F)F)C2)cc1C(F)(F)F. The van der Waals surface area contributed by atoms with Gasteiger partial charge in [0.15, 0.2) is 0 Å². The fraction of sp³-hybridized carbons (Fsp3) is 0.522. The summed E-state index contributed by atoms with van der Waals surface area (Å²) in [5.74, 6) is -54.5. The zero-order valence-corrected chi connectivity index (χ0v) is 22.2. The molecule has 1 aromatic heterocycles. The molecule has 0 saturated carbocycles. The van der Waals surface area contributed by atoms with Crippen LogP contribution in [-0.4, -0.2) is 73.3 Å².